The minimum Gasteiger partial charge on any atom is -0.485 e. The number of carbonyl (C=O) groups excluding carboxylic acids is 1. The zero-order valence-electron chi connectivity index (χ0n) is 14.4. The number of fused-ring (bicyclic) bond motifs is 1. The number of nitrogens with zero attached hydrogens (tertiary/aromatic N) is 2. The number of para-hydroxylation sites is 2. The summed E-state index contributed by atoms with van der Waals surface area (Å²) in [7, 11) is 0. The fraction of sp³-hybridized carbons (Fsp3) is 0.529. The number of amides is 1. The van der Waals surface area contributed by atoms with Crippen molar-refractivity contribution < 1.29 is 19.1 Å². The molecule has 0 aliphatic carbocycles. The Balaban J connectivity index is 1.98. The maximum absolute atomic E-state index is 11.4. The summed E-state index contributed by atoms with van der Waals surface area (Å²) in [5, 5.41) is 6.72. The topological polar surface area (TPSA) is 72.4 Å². The average Bonchev–Trinajstić information content (AvgIpc) is 2.60. The van der Waals surface area contributed by atoms with Gasteiger partial charge in [0.25, 0.3) is 0 Å². The lowest BCUT2D eigenvalue weighted by molar-refractivity contribution is -0.117. The number of hydrogen-bond acceptors (Lipinski definition) is 6. The van der Waals surface area contributed by atoms with Crippen molar-refractivity contribution in [3.05, 3.63) is 24.3 Å². The Bertz CT molecular complexity index is 573. The van der Waals surface area contributed by atoms with Crippen LogP contribution in [0.25, 0.3) is 0 Å². The predicted octanol–water partition coefficient (Wildman–Crippen LogP) is 1.63. The van der Waals surface area contributed by atoms with Gasteiger partial charge in [-0.1, -0.05) is 31.1 Å². The van der Waals surface area contributed by atoms with Gasteiger partial charge in [0.2, 0.25) is 5.91 Å². The van der Waals surface area contributed by atoms with E-state index >= 15 is 0 Å². The minimum atomic E-state index is -0.516. The molecule has 1 aromatic rings. The Morgan fingerprint density at radius 2 is 2.04 bits per heavy atom. The summed E-state index contributed by atoms with van der Waals surface area (Å²) >= 11 is 0. The van der Waals surface area contributed by atoms with Crippen molar-refractivity contribution in [1.29, 1.82) is 0 Å². The first kappa shape index (κ1) is 18.1. The number of oxime groups is 1. The maximum atomic E-state index is 11.4. The molecule has 0 saturated heterocycles. The maximum Gasteiger partial charge on any atom is 0.222 e. The van der Waals surface area contributed by atoms with Crippen molar-refractivity contribution in [3.63, 3.8) is 0 Å². The normalized spacial score (nSPS) is 16.8. The standard InChI is InChI=1S/C17H25N3O4/c1-4-20(5-2)10-11-23-19-17(18-13(3)21)16-12-22-14-8-6-7-9-15(14)24-16/h6-9,16H,4-5,10-12H2,1-3H3,(H,18,19,21). The second-order valence-corrected chi connectivity index (χ2v) is 5.38. The van der Waals surface area contributed by atoms with Crippen LogP contribution in [0.1, 0.15) is 20.8 Å². The molecular formula is C17H25N3O4. The van der Waals surface area contributed by atoms with Crippen LogP contribution < -0.4 is 14.8 Å². The van der Waals surface area contributed by atoms with Crippen LogP contribution in [0, 0.1) is 0 Å². The van der Waals surface area contributed by atoms with E-state index in [2.05, 4.69) is 29.2 Å². The number of nitrogens with one attached hydrogen (secondary N) is 1. The van der Waals surface area contributed by atoms with Crippen molar-refractivity contribution in [2.24, 2.45) is 5.16 Å². The first-order chi connectivity index (χ1) is 11.6. The lowest BCUT2D eigenvalue weighted by atomic mass is 10.2. The van der Waals surface area contributed by atoms with Crippen LogP contribution in [0.3, 0.4) is 0 Å². The van der Waals surface area contributed by atoms with Crippen LogP contribution in [-0.2, 0) is 9.63 Å². The van der Waals surface area contributed by atoms with E-state index in [1.54, 1.807) is 0 Å². The van der Waals surface area contributed by atoms with Gasteiger partial charge in [0.1, 0.15) is 13.2 Å². The van der Waals surface area contributed by atoms with Crippen LogP contribution in [0.4, 0.5) is 0 Å². The summed E-state index contributed by atoms with van der Waals surface area (Å²) in [6.45, 7) is 9.00. The van der Waals surface area contributed by atoms with Crippen molar-refractivity contribution in [2.75, 3.05) is 32.8 Å². The Labute approximate surface area is 142 Å². The van der Waals surface area contributed by atoms with Gasteiger partial charge >= 0.3 is 0 Å². The third kappa shape index (κ3) is 5.13. The highest BCUT2D eigenvalue weighted by Crippen LogP contribution is 2.30. The highest BCUT2D eigenvalue weighted by Gasteiger charge is 2.27. The fourth-order valence-corrected chi connectivity index (χ4v) is 2.32. The summed E-state index contributed by atoms with van der Waals surface area (Å²) in [5.74, 6) is 1.38. The molecule has 7 nitrogen and oxygen atoms in total. The van der Waals surface area contributed by atoms with Gasteiger partial charge in [0, 0.05) is 13.5 Å². The predicted molar refractivity (Wildman–Crippen MR) is 91.3 cm³/mol. The van der Waals surface area contributed by atoms with Crippen LogP contribution in [0.15, 0.2) is 29.4 Å². The number of benzene rings is 1. The SMILES string of the molecule is CCN(CC)CCO/N=C(\NC(C)=O)C1COc2ccccc2O1. The molecule has 0 spiro atoms. The monoisotopic (exact) mass is 335 g/mol. The number of likely N-dealkylation sites (N-methyl/N-ethyl adjacent to an activating group) is 1. The molecule has 7 heteroatoms. The second kappa shape index (κ2) is 9.12. The van der Waals surface area contributed by atoms with Crippen LogP contribution in [0.5, 0.6) is 11.5 Å². The van der Waals surface area contributed by atoms with Crippen LogP contribution in [-0.4, -0.2) is 55.6 Å². The molecule has 132 valence electrons. The molecule has 0 radical (unpaired) electrons. The molecule has 1 aromatic carbocycles. The Morgan fingerprint density at radius 3 is 2.71 bits per heavy atom. The number of rotatable bonds is 7. The third-order valence-corrected chi connectivity index (χ3v) is 3.67. The molecule has 24 heavy (non-hydrogen) atoms. The van der Waals surface area contributed by atoms with Crippen molar-refractivity contribution in [2.45, 2.75) is 26.9 Å². The zero-order chi connectivity index (χ0) is 17.4. The largest absolute Gasteiger partial charge is 0.485 e. The van der Waals surface area contributed by atoms with Gasteiger partial charge in [-0.15, -0.1) is 0 Å². The summed E-state index contributed by atoms with van der Waals surface area (Å²) in [4.78, 5) is 19.0. The van der Waals surface area contributed by atoms with E-state index in [4.69, 9.17) is 14.3 Å². The number of ether oxygens (including phenoxy) is 2. The second-order valence-electron chi connectivity index (χ2n) is 5.38. The molecule has 1 amide bonds. The molecule has 1 aliphatic rings. The number of carbonyl (C=O) groups is 1. The van der Waals surface area contributed by atoms with Crippen LogP contribution >= 0.6 is 0 Å². The van der Waals surface area contributed by atoms with Crippen molar-refractivity contribution in [3.8, 4) is 11.5 Å². The summed E-state index contributed by atoms with van der Waals surface area (Å²) in [5.41, 5.74) is 0. The molecule has 0 aromatic heterocycles. The van der Waals surface area contributed by atoms with Gasteiger partial charge in [-0.3, -0.25) is 4.79 Å². The number of hydrogen-bond donors (Lipinski definition) is 1. The van der Waals surface area contributed by atoms with Gasteiger partial charge in [-0.25, -0.2) is 0 Å². The number of amidine groups is 1. The molecule has 0 fully saturated rings. The van der Waals surface area contributed by atoms with Crippen LogP contribution in [0.2, 0.25) is 0 Å². The van der Waals surface area contributed by atoms with Gasteiger partial charge < -0.3 is 24.5 Å². The molecule has 0 saturated carbocycles. The lowest BCUT2D eigenvalue weighted by Gasteiger charge is -2.27. The molecule has 1 heterocycles. The smallest absolute Gasteiger partial charge is 0.222 e. The highest BCUT2D eigenvalue weighted by atomic mass is 16.6. The molecule has 1 N–H and O–H groups in total. The molecular weight excluding hydrogens is 310 g/mol. The fourth-order valence-electron chi connectivity index (χ4n) is 2.32. The van der Waals surface area contributed by atoms with Gasteiger partial charge in [-0.05, 0) is 25.2 Å². The van der Waals surface area contributed by atoms with Gasteiger partial charge in [0.15, 0.2) is 23.4 Å². The molecule has 1 atom stereocenters. The zero-order valence-corrected chi connectivity index (χ0v) is 14.4. The van der Waals surface area contributed by atoms with E-state index in [9.17, 15) is 4.79 Å². The van der Waals surface area contributed by atoms with Crippen molar-refractivity contribution >= 4 is 11.7 Å². The lowest BCUT2D eigenvalue weighted by Crippen LogP contribution is -2.46. The van der Waals surface area contributed by atoms with E-state index in [-0.39, 0.29) is 12.5 Å². The Morgan fingerprint density at radius 1 is 1.33 bits per heavy atom. The highest BCUT2D eigenvalue weighted by molar-refractivity contribution is 5.99. The first-order valence-corrected chi connectivity index (χ1v) is 8.22. The Kier molecular flexibility index (Phi) is 6.87. The average molecular weight is 335 g/mol. The quantitative estimate of drug-likeness (QED) is 0.355. The van der Waals surface area contributed by atoms with E-state index in [1.807, 2.05) is 24.3 Å². The van der Waals surface area contributed by atoms with E-state index in [0.29, 0.717) is 23.9 Å². The van der Waals surface area contributed by atoms with Gasteiger partial charge in [0.05, 0.1) is 0 Å². The van der Waals surface area contributed by atoms with E-state index in [1.165, 1.54) is 6.92 Å². The van der Waals surface area contributed by atoms with E-state index < -0.39 is 6.10 Å². The summed E-state index contributed by atoms with van der Waals surface area (Å²) < 4.78 is 11.5. The summed E-state index contributed by atoms with van der Waals surface area (Å²) in [6.07, 6.45) is -0.516. The van der Waals surface area contributed by atoms with Gasteiger partial charge in [-0.2, -0.15) is 0 Å². The first-order valence-electron chi connectivity index (χ1n) is 8.22. The third-order valence-electron chi connectivity index (χ3n) is 3.67. The molecule has 2 rings (SSSR count). The molecule has 1 aliphatic heterocycles. The molecule has 0 bridgehead atoms. The van der Waals surface area contributed by atoms with Crippen molar-refractivity contribution in [1.82, 2.24) is 10.2 Å². The summed E-state index contributed by atoms with van der Waals surface area (Å²) in [6, 6.07) is 7.39. The Hall–Kier alpha value is -2.28. The van der Waals surface area contributed by atoms with E-state index in [0.717, 1.165) is 19.6 Å². The molecule has 1 unspecified atom stereocenters. The minimum absolute atomic E-state index is 0.233.